The quantitative estimate of drug-likeness (QED) is 0.858. The SMILES string of the molecule is C[C@@H]1CN(c2nc3ccccc3cc2C(N)=O)CCN1. The fraction of sp³-hybridized carbons (Fsp3) is 0.333. The highest BCUT2D eigenvalue weighted by atomic mass is 16.1. The van der Waals surface area contributed by atoms with Crippen LogP contribution in [0.25, 0.3) is 10.9 Å². The van der Waals surface area contributed by atoms with Gasteiger partial charge in [-0.2, -0.15) is 0 Å². The van der Waals surface area contributed by atoms with Crippen molar-refractivity contribution in [2.24, 2.45) is 5.73 Å². The molecule has 20 heavy (non-hydrogen) atoms. The Morgan fingerprint density at radius 1 is 1.45 bits per heavy atom. The molecule has 1 saturated heterocycles. The molecule has 5 heteroatoms. The first kappa shape index (κ1) is 12.9. The predicted molar refractivity (Wildman–Crippen MR) is 79.9 cm³/mol. The Morgan fingerprint density at radius 2 is 2.25 bits per heavy atom. The Morgan fingerprint density at radius 3 is 3.00 bits per heavy atom. The molecule has 0 radical (unpaired) electrons. The van der Waals surface area contributed by atoms with Crippen molar-refractivity contribution < 1.29 is 4.79 Å². The second-order valence-electron chi connectivity index (χ2n) is 5.22. The number of hydrogen-bond donors (Lipinski definition) is 2. The lowest BCUT2D eigenvalue weighted by Crippen LogP contribution is -2.50. The van der Waals surface area contributed by atoms with Crippen LogP contribution in [-0.4, -0.2) is 36.6 Å². The number of piperazine rings is 1. The van der Waals surface area contributed by atoms with E-state index < -0.39 is 5.91 Å². The second-order valence-corrected chi connectivity index (χ2v) is 5.22. The van der Waals surface area contributed by atoms with E-state index in [9.17, 15) is 4.79 Å². The highest BCUT2D eigenvalue weighted by molar-refractivity contribution is 6.01. The first-order valence-electron chi connectivity index (χ1n) is 6.83. The van der Waals surface area contributed by atoms with E-state index in [0.29, 0.717) is 17.4 Å². The van der Waals surface area contributed by atoms with Crippen molar-refractivity contribution >= 4 is 22.6 Å². The summed E-state index contributed by atoms with van der Waals surface area (Å²) < 4.78 is 0. The number of hydrogen-bond acceptors (Lipinski definition) is 4. The van der Waals surface area contributed by atoms with Crippen LogP contribution in [0, 0.1) is 0 Å². The number of primary amides is 1. The second kappa shape index (κ2) is 5.09. The fourth-order valence-corrected chi connectivity index (χ4v) is 2.65. The Hall–Kier alpha value is -2.14. The molecule has 2 aromatic rings. The molecule has 1 aliphatic heterocycles. The molecule has 0 bridgehead atoms. The minimum Gasteiger partial charge on any atom is -0.365 e. The van der Waals surface area contributed by atoms with Gasteiger partial charge in [-0.05, 0) is 19.1 Å². The number of pyridine rings is 1. The van der Waals surface area contributed by atoms with Gasteiger partial charge in [0.25, 0.3) is 5.91 Å². The number of nitrogens with zero attached hydrogens (tertiary/aromatic N) is 2. The van der Waals surface area contributed by atoms with Gasteiger partial charge in [0.15, 0.2) is 0 Å². The van der Waals surface area contributed by atoms with E-state index in [2.05, 4.69) is 22.1 Å². The standard InChI is InChI=1S/C15H18N4O/c1-10-9-19(7-6-17-10)15-12(14(16)20)8-11-4-2-3-5-13(11)18-15/h2-5,8,10,17H,6-7,9H2,1H3,(H2,16,20)/t10-/m1/s1. The number of nitrogens with two attached hydrogens (primary N) is 1. The lowest BCUT2D eigenvalue weighted by atomic mass is 10.1. The Labute approximate surface area is 117 Å². The molecule has 3 rings (SSSR count). The molecule has 1 fully saturated rings. The molecule has 0 spiro atoms. The van der Waals surface area contributed by atoms with Crippen LogP contribution in [0.5, 0.6) is 0 Å². The maximum atomic E-state index is 11.7. The van der Waals surface area contributed by atoms with Crippen LogP contribution in [0.1, 0.15) is 17.3 Å². The molecular weight excluding hydrogens is 252 g/mol. The molecule has 1 atom stereocenters. The van der Waals surface area contributed by atoms with Gasteiger partial charge >= 0.3 is 0 Å². The van der Waals surface area contributed by atoms with Crippen molar-refractivity contribution in [1.82, 2.24) is 10.3 Å². The number of anilines is 1. The van der Waals surface area contributed by atoms with Crippen molar-refractivity contribution in [3.8, 4) is 0 Å². The van der Waals surface area contributed by atoms with Crippen LogP contribution in [0.15, 0.2) is 30.3 Å². The lowest BCUT2D eigenvalue weighted by molar-refractivity contribution is 0.100. The van der Waals surface area contributed by atoms with Crippen molar-refractivity contribution in [2.45, 2.75) is 13.0 Å². The topological polar surface area (TPSA) is 71.2 Å². The maximum Gasteiger partial charge on any atom is 0.252 e. The zero-order valence-corrected chi connectivity index (χ0v) is 11.5. The minimum absolute atomic E-state index is 0.373. The molecule has 0 aliphatic carbocycles. The molecule has 1 aromatic heterocycles. The average molecular weight is 270 g/mol. The van der Waals surface area contributed by atoms with Gasteiger partial charge in [0.05, 0.1) is 11.1 Å². The monoisotopic (exact) mass is 270 g/mol. The predicted octanol–water partition coefficient (Wildman–Crippen LogP) is 1.13. The summed E-state index contributed by atoms with van der Waals surface area (Å²) in [6.07, 6.45) is 0. The van der Waals surface area contributed by atoms with Crippen LogP contribution in [-0.2, 0) is 0 Å². The van der Waals surface area contributed by atoms with Gasteiger partial charge in [0, 0.05) is 31.1 Å². The van der Waals surface area contributed by atoms with Gasteiger partial charge in [-0.3, -0.25) is 4.79 Å². The first-order valence-corrected chi connectivity index (χ1v) is 6.83. The van der Waals surface area contributed by atoms with Gasteiger partial charge in [0.2, 0.25) is 0 Å². The van der Waals surface area contributed by atoms with E-state index in [4.69, 9.17) is 5.73 Å². The summed E-state index contributed by atoms with van der Waals surface area (Å²) in [7, 11) is 0. The number of para-hydroxylation sites is 1. The molecule has 1 aliphatic rings. The molecule has 104 valence electrons. The molecule has 1 aromatic carbocycles. The Bertz CT molecular complexity index is 655. The fourth-order valence-electron chi connectivity index (χ4n) is 2.65. The van der Waals surface area contributed by atoms with Crippen molar-refractivity contribution in [2.75, 3.05) is 24.5 Å². The van der Waals surface area contributed by atoms with E-state index in [1.165, 1.54) is 0 Å². The molecule has 1 amide bonds. The van der Waals surface area contributed by atoms with Crippen LogP contribution < -0.4 is 16.0 Å². The maximum absolute atomic E-state index is 11.7. The number of rotatable bonds is 2. The van der Waals surface area contributed by atoms with Gasteiger partial charge in [0.1, 0.15) is 5.82 Å². The average Bonchev–Trinajstić information content (AvgIpc) is 2.46. The zero-order chi connectivity index (χ0) is 14.1. The van der Waals surface area contributed by atoms with Crippen LogP contribution in [0.3, 0.4) is 0 Å². The van der Waals surface area contributed by atoms with E-state index in [-0.39, 0.29) is 0 Å². The molecule has 3 N–H and O–H groups in total. The number of carbonyl (C=O) groups is 1. The summed E-state index contributed by atoms with van der Waals surface area (Å²) in [4.78, 5) is 18.5. The molecule has 0 saturated carbocycles. The summed E-state index contributed by atoms with van der Waals surface area (Å²) in [5, 5.41) is 4.32. The first-order chi connectivity index (χ1) is 9.65. The van der Waals surface area contributed by atoms with Gasteiger partial charge in [-0.25, -0.2) is 4.98 Å². The normalized spacial score (nSPS) is 19.2. The van der Waals surface area contributed by atoms with E-state index in [0.717, 1.165) is 30.5 Å². The van der Waals surface area contributed by atoms with Crippen molar-refractivity contribution in [1.29, 1.82) is 0 Å². The number of fused-ring (bicyclic) bond motifs is 1. The Balaban J connectivity index is 2.11. The summed E-state index contributed by atoms with van der Waals surface area (Å²) >= 11 is 0. The van der Waals surface area contributed by atoms with Gasteiger partial charge < -0.3 is 16.0 Å². The largest absolute Gasteiger partial charge is 0.365 e. The molecule has 2 heterocycles. The molecule has 0 unspecified atom stereocenters. The molecular formula is C15H18N4O. The van der Waals surface area contributed by atoms with E-state index in [1.54, 1.807) is 0 Å². The van der Waals surface area contributed by atoms with Crippen molar-refractivity contribution in [3.63, 3.8) is 0 Å². The number of amides is 1. The summed E-state index contributed by atoms with van der Waals surface area (Å²) in [6.45, 7) is 4.66. The van der Waals surface area contributed by atoms with Crippen LogP contribution in [0.2, 0.25) is 0 Å². The highest BCUT2D eigenvalue weighted by Gasteiger charge is 2.22. The third-order valence-corrected chi connectivity index (χ3v) is 3.64. The van der Waals surface area contributed by atoms with Gasteiger partial charge in [-0.15, -0.1) is 0 Å². The summed E-state index contributed by atoms with van der Waals surface area (Å²) in [6, 6.07) is 9.99. The molecule has 5 nitrogen and oxygen atoms in total. The summed E-state index contributed by atoms with van der Waals surface area (Å²) in [5.41, 5.74) is 6.91. The lowest BCUT2D eigenvalue weighted by Gasteiger charge is -2.33. The Kier molecular flexibility index (Phi) is 3.28. The summed E-state index contributed by atoms with van der Waals surface area (Å²) in [5.74, 6) is 0.272. The number of benzene rings is 1. The highest BCUT2D eigenvalue weighted by Crippen LogP contribution is 2.24. The third-order valence-electron chi connectivity index (χ3n) is 3.64. The van der Waals surface area contributed by atoms with E-state index in [1.807, 2.05) is 30.3 Å². The number of aromatic nitrogens is 1. The van der Waals surface area contributed by atoms with Gasteiger partial charge in [-0.1, -0.05) is 18.2 Å². The zero-order valence-electron chi connectivity index (χ0n) is 11.5. The number of carbonyl (C=O) groups excluding carboxylic acids is 1. The van der Waals surface area contributed by atoms with E-state index >= 15 is 0 Å². The van der Waals surface area contributed by atoms with Crippen LogP contribution in [0.4, 0.5) is 5.82 Å². The minimum atomic E-state index is -0.426. The third kappa shape index (κ3) is 2.32. The van der Waals surface area contributed by atoms with Crippen molar-refractivity contribution in [3.05, 3.63) is 35.9 Å². The van der Waals surface area contributed by atoms with Crippen LogP contribution >= 0.6 is 0 Å². The smallest absolute Gasteiger partial charge is 0.252 e. The number of nitrogens with one attached hydrogen (secondary N) is 1.